The van der Waals surface area contributed by atoms with Crippen molar-refractivity contribution < 1.29 is 9.53 Å². The van der Waals surface area contributed by atoms with Crippen LogP contribution < -0.4 is 15.5 Å². The molecule has 0 bridgehead atoms. The number of amides is 1. The summed E-state index contributed by atoms with van der Waals surface area (Å²) in [6.07, 6.45) is 2.58. The van der Waals surface area contributed by atoms with E-state index in [2.05, 4.69) is 12.2 Å². The molecule has 2 heterocycles. The zero-order valence-corrected chi connectivity index (χ0v) is 14.8. The van der Waals surface area contributed by atoms with Gasteiger partial charge in [-0.05, 0) is 31.0 Å². The average molecular weight is 348 g/mol. The Bertz CT molecular complexity index is 1070. The maximum atomic E-state index is 12.8. The van der Waals surface area contributed by atoms with Crippen LogP contribution in [0.2, 0.25) is 0 Å². The molecule has 2 aromatic carbocycles. The number of carbonyl (C=O) groups excluding carboxylic acids is 1. The number of aromatic nitrogens is 1. The van der Waals surface area contributed by atoms with Crippen LogP contribution in [0.5, 0.6) is 5.75 Å². The lowest BCUT2D eigenvalue weighted by molar-refractivity contribution is 0.0949. The molecule has 0 aliphatic carbocycles. The van der Waals surface area contributed by atoms with Crippen LogP contribution in [-0.2, 0) is 13.0 Å². The Balaban J connectivity index is 1.68. The minimum atomic E-state index is -0.365. The average Bonchev–Trinajstić information content (AvgIpc) is 2.99. The van der Waals surface area contributed by atoms with Crippen molar-refractivity contribution >= 4 is 16.8 Å². The van der Waals surface area contributed by atoms with Crippen LogP contribution in [0.3, 0.4) is 0 Å². The number of hydrogen-bond donors (Lipinski definition) is 1. The number of carbonyl (C=O) groups is 1. The Labute approximate surface area is 151 Å². The molecule has 1 atom stereocenters. The highest BCUT2D eigenvalue weighted by Gasteiger charge is 2.24. The molecule has 3 aromatic rings. The number of hydrogen-bond acceptors (Lipinski definition) is 3. The summed E-state index contributed by atoms with van der Waals surface area (Å²) in [4.78, 5) is 25.6. The van der Waals surface area contributed by atoms with Crippen LogP contribution in [0, 0.1) is 0 Å². The van der Waals surface area contributed by atoms with Crippen molar-refractivity contribution in [3.05, 3.63) is 75.6 Å². The van der Waals surface area contributed by atoms with Crippen molar-refractivity contribution in [2.75, 3.05) is 7.11 Å². The molecule has 1 aliphatic heterocycles. The fraction of sp³-hybridized carbons (Fsp3) is 0.238. The Hall–Kier alpha value is -3.08. The van der Waals surface area contributed by atoms with Gasteiger partial charge < -0.3 is 14.6 Å². The molecule has 1 aromatic heterocycles. The summed E-state index contributed by atoms with van der Waals surface area (Å²) in [5, 5.41) is 3.45. The topological polar surface area (TPSA) is 60.3 Å². The molecule has 0 radical (unpaired) electrons. The first-order valence-electron chi connectivity index (χ1n) is 8.67. The first kappa shape index (κ1) is 16.4. The van der Waals surface area contributed by atoms with Crippen LogP contribution in [0.25, 0.3) is 10.9 Å². The molecule has 5 heteroatoms. The van der Waals surface area contributed by atoms with Gasteiger partial charge in [-0.3, -0.25) is 9.59 Å². The van der Waals surface area contributed by atoms with E-state index in [1.54, 1.807) is 19.4 Å². The number of ether oxygens (including phenoxy) is 1. The summed E-state index contributed by atoms with van der Waals surface area (Å²) in [6.45, 7) is 2.40. The minimum Gasteiger partial charge on any atom is -0.496 e. The summed E-state index contributed by atoms with van der Waals surface area (Å²) in [6, 6.07) is 13.5. The summed E-state index contributed by atoms with van der Waals surface area (Å²) in [7, 11) is 1.59. The normalized spacial score (nSPS) is 15.2. The number of pyridine rings is 1. The SMILES string of the molecule is COc1ccccc1CNC(=O)c1cn2c3c(cccc3c1=O)C[C@@H]2C. The van der Waals surface area contributed by atoms with Crippen LogP contribution in [-0.4, -0.2) is 17.6 Å². The minimum absolute atomic E-state index is 0.179. The second kappa shape index (κ2) is 6.33. The molecule has 4 rings (SSSR count). The highest BCUT2D eigenvalue weighted by atomic mass is 16.5. The van der Waals surface area contributed by atoms with Crippen molar-refractivity contribution in [3.8, 4) is 5.75 Å². The van der Waals surface area contributed by atoms with E-state index in [4.69, 9.17) is 4.74 Å². The fourth-order valence-electron chi connectivity index (χ4n) is 3.70. The van der Waals surface area contributed by atoms with Crippen molar-refractivity contribution in [3.63, 3.8) is 0 Å². The Morgan fingerprint density at radius 1 is 1.23 bits per heavy atom. The van der Waals surface area contributed by atoms with E-state index < -0.39 is 0 Å². The third-order valence-corrected chi connectivity index (χ3v) is 5.00. The molecule has 0 saturated heterocycles. The Kier molecular flexibility index (Phi) is 3.99. The van der Waals surface area contributed by atoms with Gasteiger partial charge in [0.15, 0.2) is 0 Å². The van der Waals surface area contributed by atoms with E-state index in [1.807, 2.05) is 41.0 Å². The maximum absolute atomic E-state index is 12.8. The number of nitrogens with zero attached hydrogens (tertiary/aromatic N) is 1. The predicted molar refractivity (Wildman–Crippen MR) is 101 cm³/mol. The predicted octanol–water partition coefficient (Wildman–Crippen LogP) is 3.06. The van der Waals surface area contributed by atoms with Gasteiger partial charge in [0.05, 0.1) is 12.6 Å². The third-order valence-electron chi connectivity index (χ3n) is 5.00. The van der Waals surface area contributed by atoms with Crippen LogP contribution in [0.4, 0.5) is 0 Å². The molecule has 1 N–H and O–H groups in total. The summed E-state index contributed by atoms with van der Waals surface area (Å²) < 4.78 is 7.35. The first-order valence-corrected chi connectivity index (χ1v) is 8.67. The summed E-state index contributed by atoms with van der Waals surface area (Å²) >= 11 is 0. The lowest BCUT2D eigenvalue weighted by Crippen LogP contribution is -2.29. The van der Waals surface area contributed by atoms with Crippen LogP contribution >= 0.6 is 0 Å². The van der Waals surface area contributed by atoms with E-state index >= 15 is 0 Å². The molecule has 0 fully saturated rings. The van der Waals surface area contributed by atoms with Gasteiger partial charge in [0.1, 0.15) is 11.3 Å². The molecular weight excluding hydrogens is 328 g/mol. The standard InChI is InChI=1S/C21H20N2O3/c1-13-10-14-7-5-8-16-19(14)23(13)12-17(20(16)24)21(25)22-11-15-6-3-4-9-18(15)26-2/h3-9,12-13H,10-11H2,1-2H3,(H,22,25)/t13-/m0/s1. The molecule has 1 amide bonds. The molecule has 1 aliphatic rings. The van der Waals surface area contributed by atoms with Crippen LogP contribution in [0.15, 0.2) is 53.5 Å². The number of nitrogens with one attached hydrogen (secondary N) is 1. The van der Waals surface area contributed by atoms with Gasteiger partial charge in [-0.15, -0.1) is 0 Å². The molecule has 0 saturated carbocycles. The van der Waals surface area contributed by atoms with Gasteiger partial charge in [-0.2, -0.15) is 0 Å². The van der Waals surface area contributed by atoms with Gasteiger partial charge in [0.25, 0.3) is 5.91 Å². The number of rotatable bonds is 4. The number of methoxy groups -OCH3 is 1. The second-order valence-corrected chi connectivity index (χ2v) is 6.64. The summed E-state index contributed by atoms with van der Waals surface area (Å²) in [5.74, 6) is 0.343. The summed E-state index contributed by atoms with van der Waals surface area (Å²) in [5.41, 5.74) is 2.94. The molecule has 0 unspecified atom stereocenters. The number of para-hydroxylation sites is 2. The van der Waals surface area contributed by atoms with Gasteiger partial charge in [-0.1, -0.05) is 30.3 Å². The van der Waals surface area contributed by atoms with Gasteiger partial charge in [0, 0.05) is 29.7 Å². The highest BCUT2D eigenvalue weighted by Crippen LogP contribution is 2.30. The van der Waals surface area contributed by atoms with Crippen molar-refractivity contribution in [2.24, 2.45) is 0 Å². The van der Waals surface area contributed by atoms with E-state index in [0.717, 1.165) is 23.1 Å². The van der Waals surface area contributed by atoms with Crippen molar-refractivity contribution in [2.45, 2.75) is 25.9 Å². The van der Waals surface area contributed by atoms with E-state index in [0.29, 0.717) is 17.7 Å². The Morgan fingerprint density at radius 2 is 2.04 bits per heavy atom. The van der Waals surface area contributed by atoms with Gasteiger partial charge >= 0.3 is 0 Å². The molecule has 0 spiro atoms. The largest absolute Gasteiger partial charge is 0.496 e. The maximum Gasteiger partial charge on any atom is 0.257 e. The zero-order chi connectivity index (χ0) is 18.3. The van der Waals surface area contributed by atoms with E-state index in [1.165, 1.54) is 0 Å². The smallest absolute Gasteiger partial charge is 0.257 e. The van der Waals surface area contributed by atoms with E-state index in [9.17, 15) is 9.59 Å². The van der Waals surface area contributed by atoms with Crippen molar-refractivity contribution in [1.29, 1.82) is 0 Å². The zero-order valence-electron chi connectivity index (χ0n) is 14.8. The van der Waals surface area contributed by atoms with E-state index in [-0.39, 0.29) is 22.9 Å². The number of benzene rings is 2. The molecule has 26 heavy (non-hydrogen) atoms. The second-order valence-electron chi connectivity index (χ2n) is 6.64. The quantitative estimate of drug-likeness (QED) is 0.788. The monoisotopic (exact) mass is 348 g/mol. The van der Waals surface area contributed by atoms with Crippen molar-refractivity contribution in [1.82, 2.24) is 9.88 Å². The first-order chi connectivity index (χ1) is 12.6. The Morgan fingerprint density at radius 3 is 2.85 bits per heavy atom. The van der Waals surface area contributed by atoms with Gasteiger partial charge in [0.2, 0.25) is 5.43 Å². The van der Waals surface area contributed by atoms with Gasteiger partial charge in [-0.25, -0.2) is 0 Å². The molecule has 5 nitrogen and oxygen atoms in total. The fourth-order valence-corrected chi connectivity index (χ4v) is 3.70. The molecular formula is C21H20N2O3. The molecule has 132 valence electrons. The lowest BCUT2D eigenvalue weighted by atomic mass is 10.1. The van der Waals surface area contributed by atoms with Crippen LogP contribution in [0.1, 0.15) is 34.5 Å². The highest BCUT2D eigenvalue weighted by molar-refractivity contribution is 5.98. The third kappa shape index (κ3) is 2.56. The lowest BCUT2D eigenvalue weighted by Gasteiger charge is -2.13.